The molecule has 0 aliphatic heterocycles. The van der Waals surface area contributed by atoms with Crippen molar-refractivity contribution in [1.29, 1.82) is 0 Å². The number of carboxylic acid groups (broad SMARTS) is 1. The number of benzene rings is 1. The summed E-state index contributed by atoms with van der Waals surface area (Å²) in [6.07, 6.45) is 5.60. The summed E-state index contributed by atoms with van der Waals surface area (Å²) in [5, 5.41) is 13.2. The van der Waals surface area contributed by atoms with Gasteiger partial charge in [0.1, 0.15) is 0 Å². The molecule has 0 spiro atoms. The van der Waals surface area contributed by atoms with E-state index in [0.29, 0.717) is 16.9 Å². The zero-order chi connectivity index (χ0) is 12.3. The molecule has 92 valence electrons. The van der Waals surface area contributed by atoms with Crippen LogP contribution in [0.25, 0.3) is 0 Å². The van der Waals surface area contributed by atoms with Crippen LogP contribution in [0.5, 0.6) is 0 Å². The van der Waals surface area contributed by atoms with Crippen molar-refractivity contribution in [3.05, 3.63) is 29.8 Å². The SMILES string of the molecule is CSC1CCC(Nc2ccccc2C(=O)O)C1. The molecule has 2 unspecified atom stereocenters. The van der Waals surface area contributed by atoms with Crippen molar-refractivity contribution in [2.45, 2.75) is 30.6 Å². The Morgan fingerprint density at radius 2 is 2.18 bits per heavy atom. The Hall–Kier alpha value is -1.16. The molecule has 1 saturated carbocycles. The molecular weight excluding hydrogens is 234 g/mol. The number of para-hydroxylation sites is 1. The van der Waals surface area contributed by atoms with Crippen molar-refractivity contribution in [2.24, 2.45) is 0 Å². The van der Waals surface area contributed by atoms with Gasteiger partial charge in [0.15, 0.2) is 0 Å². The number of carbonyl (C=O) groups is 1. The fraction of sp³-hybridized carbons (Fsp3) is 0.462. The number of carboxylic acids is 1. The van der Waals surface area contributed by atoms with Gasteiger partial charge in [-0.1, -0.05) is 12.1 Å². The minimum Gasteiger partial charge on any atom is -0.478 e. The highest BCUT2D eigenvalue weighted by atomic mass is 32.2. The highest BCUT2D eigenvalue weighted by molar-refractivity contribution is 7.99. The first kappa shape index (κ1) is 12.3. The molecule has 1 fully saturated rings. The van der Waals surface area contributed by atoms with Crippen molar-refractivity contribution in [3.63, 3.8) is 0 Å². The van der Waals surface area contributed by atoms with Gasteiger partial charge in [-0.3, -0.25) is 0 Å². The average molecular weight is 251 g/mol. The van der Waals surface area contributed by atoms with Gasteiger partial charge in [0, 0.05) is 17.0 Å². The summed E-state index contributed by atoms with van der Waals surface area (Å²) >= 11 is 1.90. The van der Waals surface area contributed by atoms with E-state index >= 15 is 0 Å². The van der Waals surface area contributed by atoms with Gasteiger partial charge >= 0.3 is 5.97 Å². The Labute approximate surface area is 106 Å². The lowest BCUT2D eigenvalue weighted by molar-refractivity contribution is 0.0698. The minimum atomic E-state index is -0.868. The minimum absolute atomic E-state index is 0.361. The summed E-state index contributed by atoms with van der Waals surface area (Å²) in [7, 11) is 0. The second-order valence-electron chi connectivity index (χ2n) is 4.36. The fourth-order valence-electron chi connectivity index (χ4n) is 2.30. The van der Waals surface area contributed by atoms with E-state index in [1.54, 1.807) is 12.1 Å². The van der Waals surface area contributed by atoms with Crippen LogP contribution in [-0.4, -0.2) is 28.6 Å². The van der Waals surface area contributed by atoms with Gasteiger partial charge in [0.25, 0.3) is 0 Å². The predicted molar refractivity (Wildman–Crippen MR) is 72.0 cm³/mol. The number of hydrogen-bond donors (Lipinski definition) is 2. The summed E-state index contributed by atoms with van der Waals surface area (Å²) in [4.78, 5) is 11.1. The standard InChI is InChI=1S/C13H17NO2S/c1-17-10-7-6-9(8-10)14-12-5-3-2-4-11(12)13(15)16/h2-5,9-10,14H,6-8H2,1H3,(H,15,16). The third-order valence-corrected chi connectivity index (χ3v) is 4.33. The van der Waals surface area contributed by atoms with E-state index in [1.807, 2.05) is 23.9 Å². The molecule has 1 aromatic carbocycles. The number of hydrogen-bond acceptors (Lipinski definition) is 3. The number of aromatic carboxylic acids is 1. The van der Waals surface area contributed by atoms with Gasteiger partial charge in [0.2, 0.25) is 0 Å². The molecule has 2 atom stereocenters. The molecule has 0 radical (unpaired) electrons. The fourth-order valence-corrected chi connectivity index (χ4v) is 3.10. The molecule has 17 heavy (non-hydrogen) atoms. The molecule has 0 aromatic heterocycles. The summed E-state index contributed by atoms with van der Waals surface area (Å²) in [6, 6.07) is 7.53. The Kier molecular flexibility index (Phi) is 3.94. The Balaban J connectivity index is 2.06. The van der Waals surface area contributed by atoms with E-state index in [1.165, 1.54) is 6.42 Å². The molecule has 3 nitrogen and oxygen atoms in total. The van der Waals surface area contributed by atoms with E-state index in [0.717, 1.165) is 18.5 Å². The first-order valence-corrected chi connectivity index (χ1v) is 7.11. The van der Waals surface area contributed by atoms with E-state index in [-0.39, 0.29) is 0 Å². The number of nitrogens with one attached hydrogen (secondary N) is 1. The molecular formula is C13H17NO2S. The third-order valence-electron chi connectivity index (χ3n) is 3.23. The molecule has 1 aromatic rings. The zero-order valence-corrected chi connectivity index (χ0v) is 10.7. The smallest absolute Gasteiger partial charge is 0.337 e. The van der Waals surface area contributed by atoms with E-state index in [9.17, 15) is 4.79 Å². The Morgan fingerprint density at radius 3 is 2.82 bits per heavy atom. The van der Waals surface area contributed by atoms with E-state index in [2.05, 4.69) is 11.6 Å². The van der Waals surface area contributed by atoms with Crippen LogP contribution < -0.4 is 5.32 Å². The van der Waals surface area contributed by atoms with Crippen LogP contribution in [0, 0.1) is 0 Å². The molecule has 2 N–H and O–H groups in total. The molecule has 1 aliphatic carbocycles. The van der Waals surface area contributed by atoms with Gasteiger partial charge < -0.3 is 10.4 Å². The average Bonchev–Trinajstić information content (AvgIpc) is 2.77. The molecule has 1 aliphatic rings. The molecule has 0 heterocycles. The van der Waals surface area contributed by atoms with Crippen molar-refractivity contribution >= 4 is 23.4 Å². The van der Waals surface area contributed by atoms with Crippen molar-refractivity contribution in [3.8, 4) is 0 Å². The number of thioether (sulfide) groups is 1. The van der Waals surface area contributed by atoms with Crippen molar-refractivity contribution in [2.75, 3.05) is 11.6 Å². The lowest BCUT2D eigenvalue weighted by Gasteiger charge is -2.16. The van der Waals surface area contributed by atoms with Crippen LogP contribution >= 0.6 is 11.8 Å². The number of anilines is 1. The Bertz CT molecular complexity index is 408. The molecule has 0 saturated heterocycles. The topological polar surface area (TPSA) is 49.3 Å². The quantitative estimate of drug-likeness (QED) is 0.863. The van der Waals surface area contributed by atoms with Crippen LogP contribution in [0.2, 0.25) is 0 Å². The van der Waals surface area contributed by atoms with Crippen LogP contribution in [0.4, 0.5) is 5.69 Å². The highest BCUT2D eigenvalue weighted by Crippen LogP contribution is 2.30. The first-order chi connectivity index (χ1) is 8.20. The summed E-state index contributed by atoms with van der Waals surface area (Å²) in [5.41, 5.74) is 1.10. The lowest BCUT2D eigenvalue weighted by Crippen LogP contribution is -2.18. The molecule has 0 amide bonds. The van der Waals surface area contributed by atoms with E-state index in [4.69, 9.17) is 5.11 Å². The summed E-state index contributed by atoms with van der Waals surface area (Å²) in [5.74, 6) is -0.868. The van der Waals surface area contributed by atoms with Gasteiger partial charge in [-0.2, -0.15) is 11.8 Å². The molecule has 2 rings (SSSR count). The monoisotopic (exact) mass is 251 g/mol. The normalized spacial score (nSPS) is 23.6. The Morgan fingerprint density at radius 1 is 1.41 bits per heavy atom. The zero-order valence-electron chi connectivity index (χ0n) is 9.85. The van der Waals surface area contributed by atoms with Gasteiger partial charge in [0.05, 0.1) is 5.56 Å². The summed E-state index contributed by atoms with van der Waals surface area (Å²) < 4.78 is 0. The second kappa shape index (κ2) is 5.45. The van der Waals surface area contributed by atoms with Crippen LogP contribution in [0.15, 0.2) is 24.3 Å². The maximum absolute atomic E-state index is 11.1. The lowest BCUT2D eigenvalue weighted by atomic mass is 10.1. The molecule has 0 bridgehead atoms. The first-order valence-electron chi connectivity index (χ1n) is 5.82. The number of rotatable bonds is 4. The van der Waals surface area contributed by atoms with Crippen LogP contribution in [-0.2, 0) is 0 Å². The van der Waals surface area contributed by atoms with Gasteiger partial charge in [-0.05, 0) is 37.7 Å². The van der Waals surface area contributed by atoms with Gasteiger partial charge in [-0.25, -0.2) is 4.79 Å². The highest BCUT2D eigenvalue weighted by Gasteiger charge is 2.24. The van der Waals surface area contributed by atoms with Gasteiger partial charge in [-0.15, -0.1) is 0 Å². The van der Waals surface area contributed by atoms with Crippen LogP contribution in [0.3, 0.4) is 0 Å². The molecule has 4 heteroatoms. The maximum atomic E-state index is 11.1. The maximum Gasteiger partial charge on any atom is 0.337 e. The van der Waals surface area contributed by atoms with Crippen LogP contribution in [0.1, 0.15) is 29.6 Å². The summed E-state index contributed by atoms with van der Waals surface area (Å²) in [6.45, 7) is 0. The largest absolute Gasteiger partial charge is 0.478 e. The van der Waals surface area contributed by atoms with Crippen molar-refractivity contribution in [1.82, 2.24) is 0 Å². The second-order valence-corrected chi connectivity index (χ2v) is 5.50. The predicted octanol–water partition coefficient (Wildman–Crippen LogP) is 3.08. The van der Waals surface area contributed by atoms with E-state index < -0.39 is 5.97 Å². The third kappa shape index (κ3) is 2.94. The van der Waals surface area contributed by atoms with Crippen molar-refractivity contribution < 1.29 is 9.90 Å².